The molecule has 1 rings (SSSR count). The van der Waals surface area contributed by atoms with Crippen LogP contribution in [0.2, 0.25) is 10.6 Å². The van der Waals surface area contributed by atoms with E-state index in [0.29, 0.717) is 5.92 Å². The van der Waals surface area contributed by atoms with E-state index in [2.05, 4.69) is 13.8 Å². The van der Waals surface area contributed by atoms with Gasteiger partial charge < -0.3 is 5.11 Å². The molecule has 0 aliphatic heterocycles. The minimum atomic E-state index is 0.167. The van der Waals surface area contributed by atoms with Crippen LogP contribution in [-0.2, 0) is 0 Å². The second-order valence-corrected chi connectivity index (χ2v) is 5.63. The molecule has 0 radical (unpaired) electrons. The third kappa shape index (κ3) is 7.16. The van der Waals surface area contributed by atoms with Crippen molar-refractivity contribution in [2.75, 3.05) is 6.61 Å². The maximum absolute atomic E-state index is 10.1. The standard InChI is InChI=1S/C6H11O.2C2H5.Al/c7-5-6-3-1-2-4-6;2*1-2;/h6H,1-5H2;2*1H2,2H3;/q-1;;;+1. The Morgan fingerprint density at radius 3 is 1.83 bits per heavy atom. The summed E-state index contributed by atoms with van der Waals surface area (Å²) in [4.78, 5) is 0. The van der Waals surface area contributed by atoms with Crippen molar-refractivity contribution in [1.82, 2.24) is 0 Å². The Hall–Kier alpha value is 0.492. The molecule has 0 atom stereocenters. The normalized spacial score (nSPS) is 16.6. The molecule has 1 aliphatic carbocycles. The predicted molar refractivity (Wildman–Crippen MR) is 53.5 cm³/mol. The van der Waals surface area contributed by atoms with Crippen LogP contribution in [0.25, 0.3) is 0 Å². The van der Waals surface area contributed by atoms with Gasteiger partial charge in [0.2, 0.25) is 0 Å². The third-order valence-corrected chi connectivity index (χ3v) is 3.44. The van der Waals surface area contributed by atoms with Gasteiger partial charge in [-0.1, -0.05) is 31.6 Å². The maximum atomic E-state index is 10.1. The molecule has 0 aromatic rings. The van der Waals surface area contributed by atoms with Gasteiger partial charge in [-0.2, -0.15) is 0 Å². The first-order valence-corrected chi connectivity index (χ1v) is 6.88. The van der Waals surface area contributed by atoms with Crippen molar-refractivity contribution < 1.29 is 5.11 Å². The zero-order valence-corrected chi connectivity index (χ0v) is 9.67. The second kappa shape index (κ2) is 9.58. The van der Waals surface area contributed by atoms with Gasteiger partial charge in [-0.05, 0) is 0 Å². The fourth-order valence-corrected chi connectivity index (χ4v) is 2.04. The van der Waals surface area contributed by atoms with Crippen LogP contribution in [0.15, 0.2) is 0 Å². The Labute approximate surface area is 83.3 Å². The summed E-state index contributed by atoms with van der Waals surface area (Å²) < 4.78 is 0. The zero-order chi connectivity index (χ0) is 9.23. The molecule has 0 aromatic carbocycles. The number of rotatable bonds is 3. The molecule has 1 nitrogen and oxygen atoms in total. The summed E-state index contributed by atoms with van der Waals surface area (Å²) in [5.74, 6) is 0.542. The van der Waals surface area contributed by atoms with Gasteiger partial charge in [0.15, 0.2) is 0 Å². The van der Waals surface area contributed by atoms with Crippen LogP contribution in [0.1, 0.15) is 39.5 Å². The van der Waals surface area contributed by atoms with Crippen molar-refractivity contribution >= 4 is 15.2 Å². The van der Waals surface area contributed by atoms with Crippen molar-refractivity contribution in [2.24, 2.45) is 5.92 Å². The van der Waals surface area contributed by atoms with Gasteiger partial charge in [0.25, 0.3) is 0 Å². The summed E-state index contributed by atoms with van der Waals surface area (Å²) in [6, 6.07) is 0. The Bertz CT molecular complexity index is 77.9. The van der Waals surface area contributed by atoms with Gasteiger partial charge in [-0.25, -0.2) is 0 Å². The molecule has 0 bridgehead atoms. The molecule has 1 saturated carbocycles. The first kappa shape index (κ1) is 12.5. The van der Waals surface area contributed by atoms with Crippen LogP contribution in [0.5, 0.6) is 0 Å². The van der Waals surface area contributed by atoms with Crippen LogP contribution >= 0.6 is 0 Å². The van der Waals surface area contributed by atoms with Crippen molar-refractivity contribution in [2.45, 2.75) is 50.1 Å². The van der Waals surface area contributed by atoms with Crippen molar-refractivity contribution in [3.05, 3.63) is 0 Å². The van der Waals surface area contributed by atoms with Gasteiger partial charge in [0.1, 0.15) is 0 Å². The molecule has 0 heterocycles. The van der Waals surface area contributed by atoms with E-state index in [1.54, 1.807) is 0 Å². The van der Waals surface area contributed by atoms with E-state index in [4.69, 9.17) is 0 Å². The average Bonchev–Trinajstić information content (AvgIpc) is 2.58. The smallest absolute Gasteiger partial charge is 0.0517 e. The summed E-state index contributed by atoms with van der Waals surface area (Å²) in [6.07, 6.45) is 4.99. The summed E-state index contributed by atoms with van der Waals surface area (Å²) in [5.41, 5.74) is 0. The summed E-state index contributed by atoms with van der Waals surface area (Å²) in [5, 5.41) is 13.0. The van der Waals surface area contributed by atoms with Crippen LogP contribution in [0.4, 0.5) is 0 Å². The van der Waals surface area contributed by atoms with E-state index >= 15 is 0 Å². The number of hydrogen-bond acceptors (Lipinski definition) is 1. The zero-order valence-electron chi connectivity index (χ0n) is 8.51. The van der Waals surface area contributed by atoms with Gasteiger partial charge in [0, 0.05) is 0 Å². The summed E-state index contributed by atoms with van der Waals surface area (Å²) >= 11 is 0.815. The minimum absolute atomic E-state index is 0.167. The first-order chi connectivity index (χ1) is 5.85. The van der Waals surface area contributed by atoms with Crippen LogP contribution in [0.3, 0.4) is 0 Å². The van der Waals surface area contributed by atoms with Gasteiger partial charge in [-0.3, -0.25) is 0 Å². The van der Waals surface area contributed by atoms with Crippen molar-refractivity contribution in [3.63, 3.8) is 0 Å². The molecule has 0 N–H and O–H groups in total. The SMILES string of the molecule is C[CH2][Al+][CH2]C.[O-]CC1CCCC1. The average molecular weight is 184 g/mol. The predicted octanol–water partition coefficient (Wildman–Crippen LogP) is 2.10. The monoisotopic (exact) mass is 184 g/mol. The van der Waals surface area contributed by atoms with E-state index in [0.717, 1.165) is 15.2 Å². The molecule has 0 spiro atoms. The molecule has 12 heavy (non-hydrogen) atoms. The fraction of sp³-hybridized carbons (Fsp3) is 1.00. The number of hydrogen-bond donors (Lipinski definition) is 0. The molecule has 1 fully saturated rings. The second-order valence-electron chi connectivity index (χ2n) is 3.42. The topological polar surface area (TPSA) is 23.1 Å². The molecule has 1 aliphatic rings. The molecule has 0 saturated heterocycles. The summed E-state index contributed by atoms with van der Waals surface area (Å²) in [6.45, 7) is 4.66. The van der Waals surface area contributed by atoms with Crippen LogP contribution in [-0.4, -0.2) is 21.8 Å². The minimum Gasteiger partial charge on any atom is -0.854 e. The van der Waals surface area contributed by atoms with E-state index in [1.807, 2.05) is 0 Å². The van der Waals surface area contributed by atoms with E-state index in [9.17, 15) is 5.11 Å². The molecular weight excluding hydrogens is 163 g/mol. The Morgan fingerprint density at radius 2 is 1.67 bits per heavy atom. The van der Waals surface area contributed by atoms with Crippen molar-refractivity contribution in [3.8, 4) is 0 Å². The summed E-state index contributed by atoms with van der Waals surface area (Å²) in [7, 11) is 0. The van der Waals surface area contributed by atoms with Gasteiger partial charge >= 0.3 is 39.6 Å². The molecule has 2 heteroatoms. The molecular formula is C10H21AlO. The van der Waals surface area contributed by atoms with Crippen LogP contribution < -0.4 is 5.11 Å². The maximum Gasteiger partial charge on any atom is -0.0517 e. The van der Waals surface area contributed by atoms with E-state index < -0.39 is 0 Å². The Kier molecular flexibility index (Phi) is 9.97. The molecule has 0 unspecified atom stereocenters. The van der Waals surface area contributed by atoms with Crippen LogP contribution in [0, 0.1) is 5.92 Å². The van der Waals surface area contributed by atoms with E-state index in [-0.39, 0.29) is 6.61 Å². The molecule has 0 aromatic heterocycles. The Morgan fingerprint density at radius 1 is 1.17 bits per heavy atom. The molecule has 70 valence electrons. The van der Waals surface area contributed by atoms with Gasteiger partial charge in [0.05, 0.1) is 0 Å². The third-order valence-electron chi connectivity index (χ3n) is 2.29. The van der Waals surface area contributed by atoms with Gasteiger partial charge in [-0.15, -0.1) is 6.61 Å². The largest absolute Gasteiger partial charge is 0.854 e. The van der Waals surface area contributed by atoms with E-state index in [1.165, 1.54) is 36.2 Å². The van der Waals surface area contributed by atoms with Crippen molar-refractivity contribution in [1.29, 1.82) is 0 Å². The quantitative estimate of drug-likeness (QED) is 0.616. The Balaban J connectivity index is 0.000000217. The molecule has 0 amide bonds. The fourth-order valence-electron chi connectivity index (χ4n) is 1.47. The first-order valence-electron chi connectivity index (χ1n) is 5.24.